The van der Waals surface area contributed by atoms with E-state index in [4.69, 9.17) is 14.2 Å². The molecule has 1 aliphatic rings. The van der Waals surface area contributed by atoms with Gasteiger partial charge in [-0.2, -0.15) is 0 Å². The molecule has 4 rings (SSSR count). The number of hydrogen-bond donors (Lipinski definition) is 0. The Bertz CT molecular complexity index is 1070. The van der Waals surface area contributed by atoms with E-state index in [1.54, 1.807) is 13.0 Å². The lowest BCUT2D eigenvalue weighted by molar-refractivity contribution is -0.149. The lowest BCUT2D eigenvalue weighted by atomic mass is 10.1. The van der Waals surface area contributed by atoms with Crippen molar-refractivity contribution >= 4 is 28.4 Å². The first-order chi connectivity index (χ1) is 14.6. The topological polar surface area (TPSA) is 69.5 Å². The molecule has 0 aliphatic carbocycles. The molecule has 7 heteroatoms. The number of rotatable bonds is 7. The number of ether oxygens (including phenoxy) is 3. The van der Waals surface area contributed by atoms with E-state index in [1.807, 2.05) is 40.9 Å². The second-order valence-electron chi connectivity index (χ2n) is 7.37. The van der Waals surface area contributed by atoms with Crippen molar-refractivity contribution in [2.45, 2.75) is 25.9 Å². The van der Waals surface area contributed by atoms with Gasteiger partial charge in [0.05, 0.1) is 30.3 Å². The van der Waals surface area contributed by atoms with Gasteiger partial charge in [-0.05, 0) is 57.1 Å². The third-order valence-electron chi connectivity index (χ3n) is 5.46. The number of likely N-dealkylation sites (tertiary alicyclic amines) is 1. The molecule has 0 saturated carbocycles. The first-order valence-electron chi connectivity index (χ1n) is 10.3. The summed E-state index contributed by atoms with van der Waals surface area (Å²) < 4.78 is 18.2. The molecule has 1 saturated heterocycles. The van der Waals surface area contributed by atoms with E-state index < -0.39 is 12.1 Å². The Balaban J connectivity index is 1.71. The Morgan fingerprint density at radius 3 is 2.63 bits per heavy atom. The summed E-state index contributed by atoms with van der Waals surface area (Å²) >= 11 is 0. The number of nitrogens with zero attached hydrogens (tertiary/aromatic N) is 2. The van der Waals surface area contributed by atoms with Crippen LogP contribution in [-0.2, 0) is 14.3 Å². The van der Waals surface area contributed by atoms with Gasteiger partial charge in [0.25, 0.3) is 0 Å². The van der Waals surface area contributed by atoms with Gasteiger partial charge in [-0.25, -0.2) is 9.59 Å². The van der Waals surface area contributed by atoms with Crippen molar-refractivity contribution in [1.29, 1.82) is 0 Å². The highest BCUT2D eigenvalue weighted by Gasteiger charge is 2.27. The average molecular weight is 410 g/mol. The molecule has 30 heavy (non-hydrogen) atoms. The fraction of sp³-hybridized carbons (Fsp3) is 0.391. The van der Waals surface area contributed by atoms with Crippen molar-refractivity contribution in [3.8, 4) is 5.75 Å². The Morgan fingerprint density at radius 2 is 1.90 bits per heavy atom. The highest BCUT2D eigenvalue weighted by Crippen LogP contribution is 2.31. The van der Waals surface area contributed by atoms with Crippen molar-refractivity contribution in [3.05, 3.63) is 48.2 Å². The predicted octanol–water partition coefficient (Wildman–Crippen LogP) is 3.29. The van der Waals surface area contributed by atoms with Crippen LogP contribution >= 0.6 is 0 Å². The minimum atomic E-state index is -0.707. The quantitative estimate of drug-likeness (QED) is 0.557. The Morgan fingerprint density at radius 1 is 1.10 bits per heavy atom. The highest BCUT2D eigenvalue weighted by molar-refractivity contribution is 6.11. The first kappa shape index (κ1) is 20.2. The second-order valence-corrected chi connectivity index (χ2v) is 7.37. The standard InChI is InChI=1S/C23H26N2O5/c1-3-29-23(27)21-17-10-9-16(14-19(17)25-13-5-4-8-18(21)25)30-20(22(26)28-2)15-24-11-6-7-12-24/h4-5,8-10,13-14,20H,3,6-7,11-12,15H2,1-2H3. The van der Waals surface area contributed by atoms with E-state index in [2.05, 4.69) is 4.90 Å². The molecular weight excluding hydrogens is 384 g/mol. The van der Waals surface area contributed by atoms with E-state index in [0.717, 1.165) is 42.4 Å². The van der Waals surface area contributed by atoms with Crippen LogP contribution in [0.2, 0.25) is 0 Å². The fourth-order valence-corrected chi connectivity index (χ4v) is 4.06. The number of benzene rings is 1. The van der Waals surface area contributed by atoms with E-state index in [-0.39, 0.29) is 5.97 Å². The van der Waals surface area contributed by atoms with Gasteiger partial charge < -0.3 is 18.6 Å². The third kappa shape index (κ3) is 3.85. The molecule has 3 aromatic rings. The smallest absolute Gasteiger partial charge is 0.348 e. The normalized spacial score (nSPS) is 15.4. The molecule has 1 atom stereocenters. The predicted molar refractivity (Wildman–Crippen MR) is 113 cm³/mol. The zero-order chi connectivity index (χ0) is 21.1. The summed E-state index contributed by atoms with van der Waals surface area (Å²) in [5.41, 5.74) is 2.11. The molecule has 158 valence electrons. The van der Waals surface area contributed by atoms with Gasteiger partial charge in [0.2, 0.25) is 6.10 Å². The van der Waals surface area contributed by atoms with Crippen LogP contribution in [0, 0.1) is 0 Å². The monoisotopic (exact) mass is 410 g/mol. The van der Waals surface area contributed by atoms with Crippen molar-refractivity contribution in [2.75, 3.05) is 33.4 Å². The number of carbonyl (C=O) groups is 2. The minimum Gasteiger partial charge on any atom is -0.477 e. The molecule has 0 radical (unpaired) electrons. The summed E-state index contributed by atoms with van der Waals surface area (Å²) in [5, 5.41) is 0.779. The molecule has 2 aromatic heterocycles. The zero-order valence-electron chi connectivity index (χ0n) is 17.3. The molecule has 7 nitrogen and oxygen atoms in total. The third-order valence-corrected chi connectivity index (χ3v) is 5.46. The summed E-state index contributed by atoms with van der Waals surface area (Å²) in [6, 6.07) is 11.2. The maximum absolute atomic E-state index is 12.6. The maximum Gasteiger partial charge on any atom is 0.348 e. The van der Waals surface area contributed by atoms with Crippen LogP contribution in [0.5, 0.6) is 5.75 Å². The fourth-order valence-electron chi connectivity index (χ4n) is 4.06. The van der Waals surface area contributed by atoms with Crippen LogP contribution < -0.4 is 4.74 Å². The summed E-state index contributed by atoms with van der Waals surface area (Å²) in [5.74, 6) is -0.198. The molecule has 0 bridgehead atoms. The number of fused-ring (bicyclic) bond motifs is 3. The Hall–Kier alpha value is -3.06. The van der Waals surface area contributed by atoms with E-state index in [1.165, 1.54) is 7.11 Å². The van der Waals surface area contributed by atoms with Crippen molar-refractivity contribution in [1.82, 2.24) is 9.30 Å². The summed E-state index contributed by atoms with van der Waals surface area (Å²) in [4.78, 5) is 27.1. The number of hydrogen-bond acceptors (Lipinski definition) is 6. The largest absolute Gasteiger partial charge is 0.477 e. The van der Waals surface area contributed by atoms with E-state index >= 15 is 0 Å². The molecule has 1 fully saturated rings. The average Bonchev–Trinajstić information content (AvgIpc) is 3.38. The lowest BCUT2D eigenvalue weighted by Gasteiger charge is -2.22. The Labute approximate surface area is 175 Å². The lowest BCUT2D eigenvalue weighted by Crippen LogP contribution is -2.40. The number of methoxy groups -OCH3 is 1. The molecular formula is C23H26N2O5. The van der Waals surface area contributed by atoms with Crippen LogP contribution in [0.3, 0.4) is 0 Å². The van der Waals surface area contributed by atoms with Crippen LogP contribution in [0.15, 0.2) is 42.6 Å². The van der Waals surface area contributed by atoms with E-state index in [0.29, 0.717) is 24.5 Å². The Kier molecular flexibility index (Phi) is 5.90. The van der Waals surface area contributed by atoms with Crippen LogP contribution in [0.1, 0.15) is 30.1 Å². The summed E-state index contributed by atoms with van der Waals surface area (Å²) in [7, 11) is 1.37. The molecule has 1 aromatic carbocycles. The number of carbonyl (C=O) groups excluding carboxylic acids is 2. The van der Waals surface area contributed by atoms with Crippen molar-refractivity contribution in [2.24, 2.45) is 0 Å². The van der Waals surface area contributed by atoms with Gasteiger partial charge in [-0.3, -0.25) is 4.90 Å². The number of esters is 2. The summed E-state index contributed by atoms with van der Waals surface area (Å²) in [6.45, 7) is 4.51. The van der Waals surface area contributed by atoms with Crippen molar-refractivity contribution in [3.63, 3.8) is 0 Å². The van der Waals surface area contributed by atoms with Crippen molar-refractivity contribution < 1.29 is 23.8 Å². The summed E-state index contributed by atoms with van der Waals surface area (Å²) in [6.07, 6.45) is 3.45. The second kappa shape index (κ2) is 8.75. The minimum absolute atomic E-state index is 0.309. The molecule has 1 unspecified atom stereocenters. The first-order valence-corrected chi connectivity index (χ1v) is 10.3. The molecule has 0 N–H and O–H groups in total. The van der Waals surface area contributed by atoms with Gasteiger partial charge >= 0.3 is 11.9 Å². The molecule has 3 heterocycles. The molecule has 0 amide bonds. The molecule has 1 aliphatic heterocycles. The maximum atomic E-state index is 12.6. The highest BCUT2D eigenvalue weighted by atomic mass is 16.6. The van der Waals surface area contributed by atoms with Crippen LogP contribution in [-0.4, -0.2) is 60.7 Å². The van der Waals surface area contributed by atoms with Gasteiger partial charge in [0.15, 0.2) is 0 Å². The SMILES string of the molecule is CCOC(=O)c1c2ccc(OC(CN3CCCC3)C(=O)OC)cc2n2ccccc12. The zero-order valence-corrected chi connectivity index (χ0v) is 17.3. The van der Waals surface area contributed by atoms with Crippen LogP contribution in [0.4, 0.5) is 0 Å². The number of aromatic nitrogens is 1. The number of pyridine rings is 1. The van der Waals surface area contributed by atoms with Gasteiger partial charge in [0.1, 0.15) is 5.75 Å². The van der Waals surface area contributed by atoms with Crippen LogP contribution in [0.25, 0.3) is 16.4 Å². The molecule has 0 spiro atoms. The van der Waals surface area contributed by atoms with Gasteiger partial charge in [0, 0.05) is 24.2 Å². The van der Waals surface area contributed by atoms with Gasteiger partial charge in [-0.15, -0.1) is 0 Å². The van der Waals surface area contributed by atoms with Gasteiger partial charge in [-0.1, -0.05) is 6.07 Å². The van der Waals surface area contributed by atoms with E-state index in [9.17, 15) is 9.59 Å².